The van der Waals surface area contributed by atoms with Crippen molar-refractivity contribution in [2.45, 2.75) is 13.0 Å². The zero-order valence-electron chi connectivity index (χ0n) is 8.20. The van der Waals surface area contributed by atoms with Gasteiger partial charge in [0.15, 0.2) is 0 Å². The molecule has 13 heavy (non-hydrogen) atoms. The fraction of sp³-hybridized carbons (Fsp3) is 0.455. The predicted octanol–water partition coefficient (Wildman–Crippen LogP) is 1.28. The molecule has 0 amide bonds. The monoisotopic (exact) mass is 176 g/mol. The number of rotatable bonds is 1. The van der Waals surface area contributed by atoms with Gasteiger partial charge in [-0.05, 0) is 12.5 Å². The Morgan fingerprint density at radius 3 is 2.92 bits per heavy atom. The fourth-order valence-corrected chi connectivity index (χ4v) is 2.05. The van der Waals surface area contributed by atoms with E-state index in [9.17, 15) is 0 Å². The van der Waals surface area contributed by atoms with Crippen LogP contribution < -0.4 is 5.73 Å². The topological polar surface area (TPSA) is 29.3 Å². The number of allylic oxidation sites excluding steroid dienone is 1. The molecule has 0 aromatic heterocycles. The normalized spacial score (nSPS) is 31.5. The van der Waals surface area contributed by atoms with E-state index in [0.717, 1.165) is 0 Å². The number of nitrogens with zero attached hydrogens (tertiary/aromatic N) is 1. The molecule has 1 aliphatic heterocycles. The Kier molecular flexibility index (Phi) is 2.00. The van der Waals surface area contributed by atoms with Crippen molar-refractivity contribution in [3.05, 3.63) is 35.6 Å². The van der Waals surface area contributed by atoms with E-state index >= 15 is 0 Å². The van der Waals surface area contributed by atoms with Gasteiger partial charge in [0.05, 0.1) is 6.04 Å². The summed E-state index contributed by atoms with van der Waals surface area (Å²) in [7, 11) is 2.14. The molecule has 0 aromatic carbocycles. The molecule has 0 saturated carbocycles. The van der Waals surface area contributed by atoms with Crippen LogP contribution in [0.5, 0.6) is 0 Å². The molecule has 2 rings (SSSR count). The predicted molar refractivity (Wildman–Crippen MR) is 55.1 cm³/mol. The van der Waals surface area contributed by atoms with Gasteiger partial charge in [-0.25, -0.2) is 0 Å². The van der Waals surface area contributed by atoms with Gasteiger partial charge in [-0.15, -0.1) is 0 Å². The number of nitrogens with two attached hydrogens (primary N) is 1. The quantitative estimate of drug-likeness (QED) is 0.652. The molecular weight excluding hydrogens is 160 g/mol. The lowest BCUT2D eigenvalue weighted by Gasteiger charge is -2.26. The molecule has 0 radical (unpaired) electrons. The summed E-state index contributed by atoms with van der Waals surface area (Å²) in [6, 6.07) is 0.523. The third-order valence-corrected chi connectivity index (χ3v) is 2.98. The largest absolute Gasteiger partial charge is 0.371 e. The van der Waals surface area contributed by atoms with Crippen LogP contribution in [-0.4, -0.2) is 24.5 Å². The van der Waals surface area contributed by atoms with Crippen LogP contribution >= 0.6 is 0 Å². The van der Waals surface area contributed by atoms with Crippen LogP contribution in [0.25, 0.3) is 0 Å². The third-order valence-electron chi connectivity index (χ3n) is 2.98. The maximum atomic E-state index is 5.60. The Balaban J connectivity index is 2.25. The number of likely N-dealkylation sites (N-methyl/N-ethyl adjacent to an activating group) is 1. The lowest BCUT2D eigenvalue weighted by molar-refractivity contribution is 0.356. The van der Waals surface area contributed by atoms with Crippen molar-refractivity contribution < 1.29 is 0 Å². The second-order valence-corrected chi connectivity index (χ2v) is 3.79. The first kappa shape index (κ1) is 8.57. The molecule has 0 bridgehead atoms. The van der Waals surface area contributed by atoms with Gasteiger partial charge < -0.3 is 10.6 Å². The summed E-state index contributed by atoms with van der Waals surface area (Å²) in [6.07, 6.45) is 8.98. The summed E-state index contributed by atoms with van der Waals surface area (Å²) in [4.78, 5) is 2.31. The second-order valence-electron chi connectivity index (χ2n) is 3.79. The molecule has 1 heterocycles. The van der Waals surface area contributed by atoms with E-state index in [1.165, 1.54) is 11.3 Å². The van der Waals surface area contributed by atoms with Crippen LogP contribution in [0.1, 0.15) is 6.92 Å². The lowest BCUT2D eigenvalue weighted by atomic mass is 9.93. The average molecular weight is 176 g/mol. The smallest absolute Gasteiger partial charge is 0.0568 e. The first-order valence-electron chi connectivity index (χ1n) is 4.72. The molecule has 1 aliphatic carbocycles. The summed E-state index contributed by atoms with van der Waals surface area (Å²) in [5.74, 6) is 0.536. The minimum atomic E-state index is 0.523. The van der Waals surface area contributed by atoms with Crippen molar-refractivity contribution in [1.82, 2.24) is 4.90 Å². The van der Waals surface area contributed by atoms with Crippen molar-refractivity contribution >= 4 is 0 Å². The van der Waals surface area contributed by atoms with E-state index in [-0.39, 0.29) is 0 Å². The highest BCUT2D eigenvalue weighted by molar-refractivity contribution is 5.35. The van der Waals surface area contributed by atoms with Crippen LogP contribution in [0, 0.1) is 5.92 Å². The van der Waals surface area contributed by atoms with Gasteiger partial charge in [-0.3, -0.25) is 0 Å². The average Bonchev–Trinajstić information content (AvgIpc) is 2.42. The highest BCUT2D eigenvalue weighted by Gasteiger charge is 2.28. The minimum absolute atomic E-state index is 0.523. The van der Waals surface area contributed by atoms with Crippen molar-refractivity contribution in [1.29, 1.82) is 0 Å². The van der Waals surface area contributed by atoms with Crippen LogP contribution in [0.15, 0.2) is 35.6 Å². The lowest BCUT2D eigenvalue weighted by Crippen LogP contribution is -2.29. The van der Waals surface area contributed by atoms with Crippen molar-refractivity contribution in [2.24, 2.45) is 11.7 Å². The van der Waals surface area contributed by atoms with E-state index in [1.54, 1.807) is 0 Å². The van der Waals surface area contributed by atoms with Crippen LogP contribution in [0.2, 0.25) is 0 Å². The van der Waals surface area contributed by atoms with Crippen molar-refractivity contribution in [3.63, 3.8) is 0 Å². The zero-order valence-corrected chi connectivity index (χ0v) is 8.20. The molecule has 0 aromatic rings. The molecule has 2 N–H and O–H groups in total. The Morgan fingerprint density at radius 1 is 1.46 bits per heavy atom. The van der Waals surface area contributed by atoms with Gasteiger partial charge in [-0.2, -0.15) is 0 Å². The molecule has 2 unspecified atom stereocenters. The molecule has 0 saturated heterocycles. The number of fused-ring (bicyclic) bond motifs is 1. The van der Waals surface area contributed by atoms with E-state index in [4.69, 9.17) is 5.73 Å². The zero-order chi connectivity index (χ0) is 9.42. The molecule has 2 nitrogen and oxygen atoms in total. The highest BCUT2D eigenvalue weighted by atomic mass is 15.2. The highest BCUT2D eigenvalue weighted by Crippen LogP contribution is 2.30. The van der Waals surface area contributed by atoms with Crippen molar-refractivity contribution in [3.8, 4) is 0 Å². The third kappa shape index (κ3) is 1.31. The van der Waals surface area contributed by atoms with E-state index < -0.39 is 0 Å². The molecule has 0 fully saturated rings. The molecule has 70 valence electrons. The van der Waals surface area contributed by atoms with Gasteiger partial charge in [0.25, 0.3) is 0 Å². The molecule has 2 atom stereocenters. The molecule has 0 spiro atoms. The number of hydrogen-bond acceptors (Lipinski definition) is 2. The van der Waals surface area contributed by atoms with Crippen LogP contribution in [0.4, 0.5) is 0 Å². The Bertz CT molecular complexity index is 299. The van der Waals surface area contributed by atoms with E-state index in [1.807, 2.05) is 0 Å². The van der Waals surface area contributed by atoms with Gasteiger partial charge >= 0.3 is 0 Å². The fourth-order valence-electron chi connectivity index (χ4n) is 2.05. The standard InChI is InChI=1S/C11H16N2/c1-8-5-10-6-9(7-12)3-4-11(10)13(8)2/h3-6,10-11H,7,12H2,1-2H3. The Morgan fingerprint density at radius 2 is 2.23 bits per heavy atom. The molecule has 2 aliphatic rings. The summed E-state index contributed by atoms with van der Waals surface area (Å²) in [5, 5.41) is 0. The van der Waals surface area contributed by atoms with Crippen LogP contribution in [-0.2, 0) is 0 Å². The SMILES string of the molecule is CC1=CC2C=C(CN)C=CC2N1C. The first-order valence-corrected chi connectivity index (χ1v) is 4.72. The van der Waals surface area contributed by atoms with Gasteiger partial charge in [0.2, 0.25) is 0 Å². The molecular formula is C11H16N2. The maximum absolute atomic E-state index is 5.60. The van der Waals surface area contributed by atoms with E-state index in [0.29, 0.717) is 18.5 Å². The summed E-state index contributed by atoms with van der Waals surface area (Å²) < 4.78 is 0. The maximum Gasteiger partial charge on any atom is 0.0568 e. The van der Waals surface area contributed by atoms with Gasteiger partial charge in [-0.1, -0.05) is 24.3 Å². The minimum Gasteiger partial charge on any atom is -0.371 e. The van der Waals surface area contributed by atoms with E-state index in [2.05, 4.69) is 43.2 Å². The van der Waals surface area contributed by atoms with Gasteiger partial charge in [0, 0.05) is 25.2 Å². The van der Waals surface area contributed by atoms with Crippen molar-refractivity contribution in [2.75, 3.05) is 13.6 Å². The second kappa shape index (κ2) is 3.04. The summed E-state index contributed by atoms with van der Waals surface area (Å²) >= 11 is 0. The first-order chi connectivity index (χ1) is 6.22. The number of hydrogen-bond donors (Lipinski definition) is 1. The Labute approximate surface area is 79.4 Å². The Hall–Kier alpha value is -1.02. The molecule has 2 heteroatoms. The van der Waals surface area contributed by atoms with Gasteiger partial charge in [0.1, 0.15) is 0 Å². The summed E-state index contributed by atoms with van der Waals surface area (Å²) in [5.41, 5.74) is 8.21. The van der Waals surface area contributed by atoms with Crippen LogP contribution in [0.3, 0.4) is 0 Å². The summed E-state index contributed by atoms with van der Waals surface area (Å²) in [6.45, 7) is 2.80.